The van der Waals surface area contributed by atoms with E-state index in [2.05, 4.69) is 88.0 Å². The van der Waals surface area contributed by atoms with Crippen LogP contribution in [0.3, 0.4) is 0 Å². The first-order valence-corrected chi connectivity index (χ1v) is 12.4. The van der Waals surface area contributed by atoms with Crippen molar-refractivity contribution in [2.75, 3.05) is 20.2 Å². The van der Waals surface area contributed by atoms with Gasteiger partial charge in [-0.1, -0.05) is 96.2 Å². The van der Waals surface area contributed by atoms with E-state index in [9.17, 15) is 9.90 Å². The van der Waals surface area contributed by atoms with Gasteiger partial charge in [0.1, 0.15) is 12.2 Å². The number of carbonyl (C=O) groups excluding carboxylic acids is 1. The van der Waals surface area contributed by atoms with Crippen LogP contribution in [0.15, 0.2) is 103 Å². The van der Waals surface area contributed by atoms with Gasteiger partial charge in [-0.15, -0.1) is 5.10 Å². The van der Waals surface area contributed by atoms with E-state index in [1.54, 1.807) is 6.20 Å². The molecule has 1 fully saturated rings. The Kier molecular flexibility index (Phi) is 7.25. The molecule has 7 heteroatoms. The molecule has 0 amide bonds. The highest BCUT2D eigenvalue weighted by molar-refractivity contribution is 5.68. The summed E-state index contributed by atoms with van der Waals surface area (Å²) < 4.78 is 6.16. The molecule has 1 aliphatic rings. The molecule has 0 spiro atoms. The van der Waals surface area contributed by atoms with Gasteiger partial charge in [0.05, 0.1) is 24.9 Å². The second kappa shape index (κ2) is 10.9. The van der Waals surface area contributed by atoms with Gasteiger partial charge in [-0.25, -0.2) is 4.68 Å². The minimum atomic E-state index is -0.595. The average molecular weight is 495 g/mol. The average Bonchev–Trinajstić information content (AvgIpc) is 3.39. The number of methoxy groups -OCH3 is 1. The number of rotatable bonds is 7. The fraction of sp³-hybridized carbons (Fsp3) is 0.233. The van der Waals surface area contributed by atoms with Gasteiger partial charge >= 0.3 is 5.97 Å². The summed E-state index contributed by atoms with van der Waals surface area (Å²) in [6.07, 6.45) is 3.55. The molecule has 1 N–H and O–H groups in total. The number of piperidine rings is 1. The fourth-order valence-electron chi connectivity index (χ4n) is 5.23. The van der Waals surface area contributed by atoms with Gasteiger partial charge < -0.3 is 9.84 Å². The maximum atomic E-state index is 11.6. The molecule has 1 atom stereocenters. The Morgan fingerprint density at radius 2 is 1.51 bits per heavy atom. The van der Waals surface area contributed by atoms with Crippen molar-refractivity contribution in [3.63, 3.8) is 0 Å². The zero-order valence-electron chi connectivity index (χ0n) is 20.8. The number of ether oxygens (including phenoxy) is 1. The van der Waals surface area contributed by atoms with Crippen LogP contribution >= 0.6 is 0 Å². The van der Waals surface area contributed by atoms with Gasteiger partial charge in [0.15, 0.2) is 0 Å². The molecule has 1 unspecified atom stereocenters. The minimum Gasteiger partial charge on any atom is -0.468 e. The zero-order chi connectivity index (χ0) is 25.7. The number of carbonyl (C=O) groups is 1. The Morgan fingerprint density at radius 3 is 2.03 bits per heavy atom. The number of hydrogen-bond acceptors (Lipinski definition) is 6. The van der Waals surface area contributed by atoms with Crippen LogP contribution in [-0.2, 0) is 21.6 Å². The summed E-state index contributed by atoms with van der Waals surface area (Å²) in [5, 5.41) is 19.2. The van der Waals surface area contributed by atoms with Crippen LogP contribution in [0, 0.1) is 0 Å². The summed E-state index contributed by atoms with van der Waals surface area (Å²) in [7, 11) is 1.34. The third-order valence-electron chi connectivity index (χ3n) is 6.93. The molecule has 0 bridgehead atoms. The quantitative estimate of drug-likeness (QED) is 0.310. The number of aliphatic hydroxyl groups is 1. The Labute approximate surface area is 216 Å². The first-order chi connectivity index (χ1) is 18.1. The lowest BCUT2D eigenvalue weighted by Crippen LogP contribution is -2.52. The predicted octanol–water partition coefficient (Wildman–Crippen LogP) is 3.89. The molecule has 3 aromatic carbocycles. The van der Waals surface area contributed by atoms with Gasteiger partial charge in [-0.2, -0.15) is 0 Å². The Morgan fingerprint density at radius 1 is 0.973 bits per heavy atom. The molecule has 0 aliphatic carbocycles. The number of benzene rings is 3. The lowest BCUT2D eigenvalue weighted by Gasteiger charge is -2.48. The Bertz CT molecular complexity index is 1260. The zero-order valence-corrected chi connectivity index (χ0v) is 20.8. The van der Waals surface area contributed by atoms with Crippen LogP contribution in [0.25, 0.3) is 6.08 Å². The first kappa shape index (κ1) is 24.6. The lowest BCUT2D eigenvalue weighted by molar-refractivity contribution is -0.141. The standard InChI is InChI=1S/C30H30N4O3/c1-37-29(36)22-34-21-27(31-32-34)19-23-20-33(18-17-28(23)35)30(24-11-5-2-6-12-24,25-13-7-3-8-14-25)26-15-9-4-10-16-26/h2-16,19,21,28,35H,17-18,20,22H2,1H3. The van der Waals surface area contributed by atoms with Crippen LogP contribution < -0.4 is 0 Å². The van der Waals surface area contributed by atoms with Crippen molar-refractivity contribution in [3.8, 4) is 0 Å². The third kappa shape index (κ3) is 4.96. The second-order valence-electron chi connectivity index (χ2n) is 9.17. The Hall–Kier alpha value is -4.07. The van der Waals surface area contributed by atoms with Gasteiger partial charge in [0.25, 0.3) is 0 Å². The van der Waals surface area contributed by atoms with Crippen molar-refractivity contribution in [2.24, 2.45) is 0 Å². The monoisotopic (exact) mass is 494 g/mol. The van der Waals surface area contributed by atoms with Crippen LogP contribution in [0.5, 0.6) is 0 Å². The summed E-state index contributed by atoms with van der Waals surface area (Å²) in [6.45, 7) is 1.22. The number of hydrogen-bond donors (Lipinski definition) is 1. The number of aliphatic hydroxyl groups excluding tert-OH is 1. The summed E-state index contributed by atoms with van der Waals surface area (Å²) in [4.78, 5) is 14.1. The minimum absolute atomic E-state index is 0.0134. The maximum absolute atomic E-state index is 11.6. The van der Waals surface area contributed by atoms with Gasteiger partial charge in [-0.3, -0.25) is 9.69 Å². The molecular formula is C30H30N4O3. The van der Waals surface area contributed by atoms with E-state index in [0.717, 1.165) is 22.3 Å². The Balaban J connectivity index is 1.60. The molecule has 1 aromatic heterocycles. The van der Waals surface area contributed by atoms with Crippen molar-refractivity contribution in [3.05, 3.63) is 125 Å². The lowest BCUT2D eigenvalue weighted by atomic mass is 9.74. The third-order valence-corrected chi connectivity index (χ3v) is 6.93. The number of likely N-dealkylation sites (tertiary alicyclic amines) is 1. The van der Waals surface area contributed by atoms with E-state index in [1.807, 2.05) is 24.3 Å². The maximum Gasteiger partial charge on any atom is 0.327 e. The summed E-state index contributed by atoms with van der Waals surface area (Å²) in [6, 6.07) is 31.6. The van der Waals surface area contributed by atoms with Crippen LogP contribution in [-0.4, -0.2) is 57.3 Å². The fourth-order valence-corrected chi connectivity index (χ4v) is 5.23. The predicted molar refractivity (Wildman–Crippen MR) is 141 cm³/mol. The van der Waals surface area contributed by atoms with Crippen molar-refractivity contribution in [1.82, 2.24) is 19.9 Å². The van der Waals surface area contributed by atoms with Crippen LogP contribution in [0.4, 0.5) is 0 Å². The van der Waals surface area contributed by atoms with Gasteiger partial charge in [0, 0.05) is 13.1 Å². The molecule has 0 saturated carbocycles. The van der Waals surface area contributed by atoms with Crippen LogP contribution in [0.2, 0.25) is 0 Å². The molecule has 7 nitrogen and oxygen atoms in total. The van der Waals surface area contributed by atoms with E-state index in [4.69, 9.17) is 4.74 Å². The van der Waals surface area contributed by atoms with Crippen molar-refractivity contribution in [2.45, 2.75) is 24.6 Å². The normalized spacial score (nSPS) is 17.6. The van der Waals surface area contributed by atoms with Crippen molar-refractivity contribution < 1.29 is 14.6 Å². The summed E-state index contributed by atoms with van der Waals surface area (Å²) >= 11 is 0. The van der Waals surface area contributed by atoms with Crippen molar-refractivity contribution >= 4 is 12.0 Å². The second-order valence-corrected chi connectivity index (χ2v) is 9.17. The molecular weight excluding hydrogens is 464 g/mol. The number of nitrogens with zero attached hydrogens (tertiary/aromatic N) is 4. The molecule has 1 aliphatic heterocycles. The van der Waals surface area contributed by atoms with Crippen LogP contribution in [0.1, 0.15) is 28.8 Å². The molecule has 1 saturated heterocycles. The highest BCUT2D eigenvalue weighted by Crippen LogP contribution is 2.44. The largest absolute Gasteiger partial charge is 0.468 e. The highest BCUT2D eigenvalue weighted by Gasteiger charge is 2.44. The SMILES string of the molecule is COC(=O)Cn1cc(C=C2CN(C(c3ccccc3)(c3ccccc3)c3ccccc3)CCC2O)nn1. The van der Waals surface area contributed by atoms with E-state index in [0.29, 0.717) is 25.2 Å². The van der Waals surface area contributed by atoms with Gasteiger partial charge in [-0.05, 0) is 34.8 Å². The highest BCUT2D eigenvalue weighted by atomic mass is 16.5. The molecule has 4 aromatic rings. The van der Waals surface area contributed by atoms with Crippen molar-refractivity contribution in [1.29, 1.82) is 0 Å². The molecule has 2 heterocycles. The molecule has 5 rings (SSSR count). The van der Waals surface area contributed by atoms with Gasteiger partial charge in [0.2, 0.25) is 0 Å². The first-order valence-electron chi connectivity index (χ1n) is 12.4. The number of aromatic nitrogens is 3. The summed E-state index contributed by atoms with van der Waals surface area (Å²) in [5.74, 6) is -0.397. The van der Waals surface area contributed by atoms with E-state index in [1.165, 1.54) is 11.8 Å². The molecule has 0 radical (unpaired) electrons. The van der Waals surface area contributed by atoms with E-state index < -0.39 is 17.6 Å². The summed E-state index contributed by atoms with van der Waals surface area (Å²) in [5.41, 5.74) is 4.35. The van der Waals surface area contributed by atoms with E-state index in [-0.39, 0.29) is 6.54 Å². The molecule has 188 valence electrons. The molecule has 37 heavy (non-hydrogen) atoms. The topological polar surface area (TPSA) is 80.5 Å². The smallest absolute Gasteiger partial charge is 0.327 e. The number of esters is 1. The van der Waals surface area contributed by atoms with E-state index >= 15 is 0 Å².